The summed E-state index contributed by atoms with van der Waals surface area (Å²) in [5, 5.41) is 353. The number of amides is 6. The highest BCUT2D eigenvalue weighted by atomic mass is 16.8. The van der Waals surface area contributed by atoms with Crippen LogP contribution in [0, 0.1) is 0 Å². The standard InChI is InChI=1S/C81H134N6O58/c1-19-43(103)55(115)59(119)75(128-19)125-17-36-65(51(111)38(70(122)129-36)83-21(3)96)139-72-40(85-23(5)98)53(113)64(33(15-94)133-72)141-77-61(121)67(49(109)34(136-77)16-126-78-68(57(117)46(106)29(11-90)131-78)143-73-41(86-24(6)99)52(112)62(31(13-92)134-73)138-71-39(84-22(4)97)50(110)45(105)28(10-89)130-71)142-79-69(58(118)47(107)30(12-91)132-79)144-74-42(87-25(7)100)54(114)63(32(14-93)135-74)140-76-60(120)56(116)48(108)35(137-76)18-127-81(80(123)124)8-26(101)37(82-20(2)95)66(145-81)44(104)27(102)9-88/h19,26-79,88-94,101-122H,8-18H2,1-7H3,(H,82,95)(H,83,96)(H,84,97)(H,85,98)(H,86,99)(H,87,100)(H,123,124)/t19-,26-,27+,28+,29+,30+,31+,32+,33+,34+,35+,36+,37+,38+,39+,40+,41+,42-,43+,44+,45-,46+,47+,48-,49+,50+,51+,52+,53+,54+,55+,56-,57-,58-,59-,60+,61-,62+,63+,64+,65+,66+,67-,68-,69-,70+,71-,72-,73-,74-,75+,76-,77-,78-,79+,81+/m0/s1. The zero-order chi connectivity index (χ0) is 107. The maximum atomic E-state index is 13.4. The molecule has 0 aliphatic carbocycles. The van der Waals surface area contributed by atoms with Gasteiger partial charge in [0.05, 0.1) is 84.3 Å². The summed E-state index contributed by atoms with van der Waals surface area (Å²) < 4.78 is 126. The van der Waals surface area contributed by atoms with Gasteiger partial charge in [-0.2, -0.15) is 0 Å². The molecule has 0 bridgehead atoms. The molecule has 0 aromatic rings. The van der Waals surface area contributed by atoms with Crippen LogP contribution in [0.3, 0.4) is 0 Å². The first-order valence-electron chi connectivity index (χ1n) is 46.1. The summed E-state index contributed by atoms with van der Waals surface area (Å²) in [6, 6.07) is -11.4. The largest absolute Gasteiger partial charge is 0.477 e. The van der Waals surface area contributed by atoms with E-state index in [0.29, 0.717) is 0 Å². The highest BCUT2D eigenvalue weighted by Gasteiger charge is 2.64. The predicted octanol–water partition coefficient (Wildman–Crippen LogP) is -23.9. The van der Waals surface area contributed by atoms with Gasteiger partial charge in [-0.1, -0.05) is 0 Å². The van der Waals surface area contributed by atoms with Gasteiger partial charge >= 0.3 is 5.97 Å². The van der Waals surface area contributed by atoms with E-state index in [4.69, 9.17) is 99.5 Å². The molecular weight excluding hydrogens is 1980 g/mol. The van der Waals surface area contributed by atoms with Gasteiger partial charge in [0.25, 0.3) is 5.79 Å². The lowest BCUT2D eigenvalue weighted by molar-refractivity contribution is -0.399. The third-order valence-corrected chi connectivity index (χ3v) is 26.3. The number of nitrogens with one attached hydrogen (secondary N) is 6. The second-order valence-electron chi connectivity index (χ2n) is 36.7. The fraction of sp³-hybridized carbons (Fsp3) is 0.914. The minimum atomic E-state index is -3.13. The van der Waals surface area contributed by atoms with E-state index in [0.717, 1.165) is 41.5 Å². The maximum absolute atomic E-state index is 13.4. The number of aliphatic hydroxyl groups is 29. The number of aliphatic carboxylic acids is 1. The Morgan fingerprint density at radius 1 is 0.297 bits per heavy atom. The van der Waals surface area contributed by atoms with Gasteiger partial charge in [-0.05, 0) is 6.92 Å². The summed E-state index contributed by atoms with van der Waals surface area (Å²) in [5.41, 5.74) is 0. The van der Waals surface area contributed by atoms with E-state index in [1.165, 1.54) is 6.92 Å². The second-order valence-corrected chi connectivity index (χ2v) is 36.7. The molecule has 64 heteroatoms. The predicted molar refractivity (Wildman–Crippen MR) is 448 cm³/mol. The van der Waals surface area contributed by atoms with E-state index in [1.54, 1.807) is 0 Å². The molecule has 11 rings (SSSR count). The van der Waals surface area contributed by atoms with Crippen molar-refractivity contribution in [2.24, 2.45) is 0 Å². The Labute approximate surface area is 821 Å². The van der Waals surface area contributed by atoms with Crippen LogP contribution >= 0.6 is 0 Å². The van der Waals surface area contributed by atoms with Crippen molar-refractivity contribution in [2.75, 3.05) is 66.1 Å². The lowest BCUT2D eigenvalue weighted by atomic mass is 9.88. The van der Waals surface area contributed by atoms with Crippen molar-refractivity contribution in [3.63, 3.8) is 0 Å². The number of hydrogen-bond acceptors (Lipinski definition) is 57. The highest BCUT2D eigenvalue weighted by molar-refractivity contribution is 5.77. The van der Waals surface area contributed by atoms with Crippen molar-refractivity contribution in [1.82, 2.24) is 31.9 Å². The third kappa shape index (κ3) is 27.0. The Bertz CT molecular complexity index is 4150. The highest BCUT2D eigenvalue weighted by Crippen LogP contribution is 2.43. The van der Waals surface area contributed by atoms with Crippen molar-refractivity contribution in [3.8, 4) is 0 Å². The molecule has 56 atom stereocenters. The van der Waals surface area contributed by atoms with Gasteiger partial charge in [0, 0.05) is 48.0 Å². The van der Waals surface area contributed by atoms with E-state index in [2.05, 4.69) is 31.9 Å². The average molecular weight is 2120 g/mol. The molecule has 0 aromatic heterocycles. The van der Waals surface area contributed by atoms with E-state index < -0.39 is 457 Å². The van der Waals surface area contributed by atoms with Gasteiger partial charge in [0.15, 0.2) is 62.9 Å². The van der Waals surface area contributed by atoms with Crippen molar-refractivity contribution in [2.45, 2.75) is 398 Å². The monoisotopic (exact) mass is 2120 g/mol. The average Bonchev–Trinajstić information content (AvgIpc) is 0.766. The van der Waals surface area contributed by atoms with E-state index in [1.807, 2.05) is 0 Å². The normalized spacial score (nSPS) is 47.2. The molecule has 64 nitrogen and oxygen atoms in total. The van der Waals surface area contributed by atoms with Crippen LogP contribution in [0.1, 0.15) is 54.9 Å². The molecule has 36 N–H and O–H groups in total. The van der Waals surface area contributed by atoms with E-state index in [9.17, 15) is 187 Å². The quantitative estimate of drug-likeness (QED) is 0.0272. The SMILES string of the molecule is CC(=O)N[C@@H]1[C@H](O[C@@H]2[C@@H](O[C@@H]3[C@H](O)[C@H](O[C@H]4[C@H](O)[C@@H](NC(C)=O)[C@H](O[C@H]5[C@H](O)[C@@H](NC(C)=O)[C@H](O)O[C@@H]5CO[C@@H]5O[C@@H](C)[C@@H](O)[C@@H](O)[C@@H]5O)O[C@@H]4CO)O[C@H](CO[C@H]4O[C@H](CO)[C@@H](O)[C@H](O)[C@@H]4O[C@@H]4O[C@H](CO)[C@@H](O[C@@H]5O[C@H](CO)[C@H](O)[C@H](O)[C@H]5NC(C)=O)[C@H](O)[C@H]4NC(C)=O)[C@H]3O)O[C@H](CO)[C@@H](O)[C@@H]2O)O[C@H](CO)[C@@H](O[C@@H]2O[C@H](CO[C@]3(C(=O)O)C[C@H](O)[C@@H](NC(C)=O)[C@H]([C@H](O)[C@H](O)CO)O3)[C@H](O)[C@H](O)[C@H]2O)[C@@H]1O. The fourth-order valence-electron chi connectivity index (χ4n) is 18.7. The number of rotatable bonds is 39. The van der Waals surface area contributed by atoms with Crippen molar-refractivity contribution in [1.29, 1.82) is 0 Å². The summed E-state index contributed by atoms with van der Waals surface area (Å²) in [6.07, 6.45) is -107. The van der Waals surface area contributed by atoms with Crippen molar-refractivity contribution in [3.05, 3.63) is 0 Å². The Hall–Kier alpha value is -5.71. The molecule has 11 aliphatic rings. The van der Waals surface area contributed by atoms with Gasteiger partial charge in [-0.25, -0.2) is 4.79 Å². The van der Waals surface area contributed by atoms with Gasteiger partial charge in [0.1, 0.15) is 256 Å². The number of ether oxygens (including phenoxy) is 21. The Kier molecular flexibility index (Phi) is 42.7. The van der Waals surface area contributed by atoms with Gasteiger partial charge < -0.3 is 285 Å². The lowest BCUT2D eigenvalue weighted by Crippen LogP contribution is -2.71. The minimum absolute atomic E-state index is 0.833. The van der Waals surface area contributed by atoms with Crippen molar-refractivity contribution >= 4 is 41.4 Å². The van der Waals surface area contributed by atoms with Crippen LogP contribution in [0.4, 0.5) is 0 Å². The van der Waals surface area contributed by atoms with Crippen LogP contribution in [0.25, 0.3) is 0 Å². The number of carbonyl (C=O) groups is 7. The zero-order valence-electron chi connectivity index (χ0n) is 78.4. The summed E-state index contributed by atoms with van der Waals surface area (Å²) in [6.45, 7) is -5.03. The molecule has 11 heterocycles. The topological polar surface area (TPSA) is 992 Å². The van der Waals surface area contributed by atoms with Crippen LogP contribution in [-0.4, -0.2) is 604 Å². The molecule has 0 radical (unpaired) electrons. The Morgan fingerprint density at radius 3 is 1.05 bits per heavy atom. The first-order chi connectivity index (χ1) is 68.3. The van der Waals surface area contributed by atoms with E-state index >= 15 is 0 Å². The molecule has 0 saturated carbocycles. The van der Waals surface area contributed by atoms with Crippen LogP contribution in [0.2, 0.25) is 0 Å². The fourth-order valence-corrected chi connectivity index (χ4v) is 18.7. The molecular formula is C81H134N6O58. The molecule has 6 amide bonds. The molecule has 0 spiro atoms. The first kappa shape index (κ1) is 120. The molecule has 11 fully saturated rings. The van der Waals surface area contributed by atoms with Crippen LogP contribution < -0.4 is 31.9 Å². The van der Waals surface area contributed by atoms with Crippen LogP contribution in [0.5, 0.6) is 0 Å². The molecule has 0 aromatic carbocycles. The smallest absolute Gasteiger partial charge is 0.364 e. The van der Waals surface area contributed by atoms with Gasteiger partial charge in [0.2, 0.25) is 35.4 Å². The number of aliphatic hydroxyl groups excluding tert-OH is 29. The number of carbonyl (C=O) groups excluding carboxylic acids is 6. The third-order valence-electron chi connectivity index (χ3n) is 26.3. The number of hydrogen-bond donors (Lipinski definition) is 36. The summed E-state index contributed by atoms with van der Waals surface area (Å²) in [5.74, 6) is -10.9. The van der Waals surface area contributed by atoms with E-state index in [-0.39, 0.29) is 0 Å². The minimum Gasteiger partial charge on any atom is -0.477 e. The molecule has 11 aliphatic heterocycles. The Balaban J connectivity index is 0.913. The first-order valence-corrected chi connectivity index (χ1v) is 46.1. The number of carboxylic acids is 1. The van der Waals surface area contributed by atoms with Crippen LogP contribution in [0.15, 0.2) is 0 Å². The summed E-state index contributed by atoms with van der Waals surface area (Å²) in [7, 11) is 0. The molecule has 0 unspecified atom stereocenters. The number of carboxylic acid groups (broad SMARTS) is 1. The van der Waals surface area contributed by atoms with Gasteiger partial charge in [-0.15, -0.1) is 0 Å². The summed E-state index contributed by atoms with van der Waals surface area (Å²) >= 11 is 0. The summed E-state index contributed by atoms with van der Waals surface area (Å²) in [4.78, 5) is 90.1. The Morgan fingerprint density at radius 2 is 0.614 bits per heavy atom. The maximum Gasteiger partial charge on any atom is 0.364 e. The molecule has 11 saturated heterocycles. The molecule has 836 valence electrons. The zero-order valence-corrected chi connectivity index (χ0v) is 78.4. The van der Waals surface area contributed by atoms with Crippen molar-refractivity contribution < 1.29 is 286 Å². The van der Waals surface area contributed by atoms with Crippen LogP contribution in [-0.2, 0) is 133 Å². The van der Waals surface area contributed by atoms with Gasteiger partial charge in [-0.3, -0.25) is 28.8 Å². The second kappa shape index (κ2) is 51.8. The lowest BCUT2D eigenvalue weighted by Gasteiger charge is -2.51. The molecule has 145 heavy (non-hydrogen) atoms.